The second kappa shape index (κ2) is 3.62. The monoisotopic (exact) mass is 204 g/mol. The molecule has 1 N–H and O–H groups in total. The first-order chi connectivity index (χ1) is 6.07. The first-order valence-corrected chi connectivity index (χ1v) is 3.71. The number of carboxylic acids is 1. The van der Waals surface area contributed by atoms with E-state index in [0.717, 1.165) is 6.07 Å². The molecule has 0 saturated heterocycles. The molecule has 0 amide bonds. The highest BCUT2D eigenvalue weighted by atomic mass is 35.5. The van der Waals surface area contributed by atoms with E-state index < -0.39 is 16.8 Å². The Kier molecular flexibility index (Phi) is 2.72. The van der Waals surface area contributed by atoms with E-state index >= 15 is 0 Å². The highest BCUT2D eigenvalue weighted by molar-refractivity contribution is 6.34. The number of hydrogen-bond donors (Lipinski definition) is 1. The van der Waals surface area contributed by atoms with Gasteiger partial charge in [-0.3, -0.25) is 0 Å². The van der Waals surface area contributed by atoms with Crippen LogP contribution in [0.5, 0.6) is 5.75 Å². The quantitative estimate of drug-likeness (QED) is 0.803. The van der Waals surface area contributed by atoms with Crippen LogP contribution in [-0.2, 0) is 0 Å². The van der Waals surface area contributed by atoms with Gasteiger partial charge in [0.05, 0.1) is 12.1 Å². The van der Waals surface area contributed by atoms with Crippen LogP contribution in [0.1, 0.15) is 10.4 Å². The van der Waals surface area contributed by atoms with Gasteiger partial charge < -0.3 is 9.84 Å². The summed E-state index contributed by atoms with van der Waals surface area (Å²) in [5, 5.41) is 8.23. The van der Waals surface area contributed by atoms with Crippen molar-refractivity contribution in [3.63, 3.8) is 0 Å². The van der Waals surface area contributed by atoms with E-state index in [-0.39, 0.29) is 11.3 Å². The van der Waals surface area contributed by atoms with Gasteiger partial charge >= 0.3 is 5.97 Å². The minimum absolute atomic E-state index is 0.0406. The Bertz CT molecular complexity index is 351. The van der Waals surface area contributed by atoms with Crippen LogP contribution in [0.3, 0.4) is 0 Å². The van der Waals surface area contributed by atoms with Crippen LogP contribution in [0, 0.1) is 5.82 Å². The molecule has 3 nitrogen and oxygen atoms in total. The maximum atomic E-state index is 12.8. The van der Waals surface area contributed by atoms with Gasteiger partial charge in [0.25, 0.3) is 0 Å². The van der Waals surface area contributed by atoms with E-state index in [0.29, 0.717) is 0 Å². The molecule has 0 aromatic heterocycles. The number of halogens is 2. The highest BCUT2D eigenvalue weighted by Crippen LogP contribution is 2.28. The van der Waals surface area contributed by atoms with Crippen molar-refractivity contribution in [1.29, 1.82) is 0 Å². The Hall–Kier alpha value is -1.29. The normalized spacial score (nSPS) is 9.77. The molecule has 0 fully saturated rings. The van der Waals surface area contributed by atoms with E-state index in [2.05, 4.69) is 0 Å². The van der Waals surface area contributed by atoms with Gasteiger partial charge in [0, 0.05) is 0 Å². The molecule has 1 aromatic carbocycles. The fourth-order valence-electron chi connectivity index (χ4n) is 0.902. The van der Waals surface area contributed by atoms with Crippen molar-refractivity contribution in [3.05, 3.63) is 28.5 Å². The Morgan fingerprint density at radius 2 is 2.23 bits per heavy atom. The lowest BCUT2D eigenvalue weighted by atomic mass is 10.2. The van der Waals surface area contributed by atoms with Crippen LogP contribution in [0.25, 0.3) is 0 Å². The molecule has 0 aliphatic carbocycles. The Balaban J connectivity index is 3.41. The summed E-state index contributed by atoms with van der Waals surface area (Å²) in [5.41, 5.74) is -0.357. The second-order valence-corrected chi connectivity index (χ2v) is 2.62. The third kappa shape index (κ3) is 1.72. The lowest BCUT2D eigenvalue weighted by Gasteiger charge is -2.06. The molecule has 0 unspecified atom stereocenters. The molecular formula is C8H6ClFO3. The maximum absolute atomic E-state index is 12.8. The van der Waals surface area contributed by atoms with Crippen molar-refractivity contribution in [2.24, 2.45) is 0 Å². The van der Waals surface area contributed by atoms with Crippen LogP contribution in [0.2, 0.25) is 5.02 Å². The molecule has 0 bridgehead atoms. The number of methoxy groups -OCH3 is 1. The zero-order chi connectivity index (χ0) is 10.0. The second-order valence-electron chi connectivity index (χ2n) is 2.24. The number of carbonyl (C=O) groups is 1. The zero-order valence-corrected chi connectivity index (χ0v) is 7.43. The van der Waals surface area contributed by atoms with E-state index in [1.807, 2.05) is 0 Å². The van der Waals surface area contributed by atoms with Crippen molar-refractivity contribution in [2.75, 3.05) is 7.11 Å². The molecule has 5 heteroatoms. The molecule has 0 saturated carbocycles. The molecule has 0 aliphatic heterocycles. The van der Waals surface area contributed by atoms with E-state index in [1.165, 1.54) is 13.2 Å². The number of carboxylic acid groups (broad SMARTS) is 1. The summed E-state index contributed by atoms with van der Waals surface area (Å²) in [4.78, 5) is 10.6. The highest BCUT2D eigenvalue weighted by Gasteiger charge is 2.18. The van der Waals surface area contributed by atoms with Crippen molar-refractivity contribution in [1.82, 2.24) is 0 Å². The average molecular weight is 205 g/mol. The molecular weight excluding hydrogens is 199 g/mol. The van der Waals surface area contributed by atoms with Crippen LogP contribution in [0.15, 0.2) is 12.1 Å². The fraction of sp³-hybridized carbons (Fsp3) is 0.125. The average Bonchev–Trinajstić information content (AvgIpc) is 2.08. The predicted molar refractivity (Wildman–Crippen MR) is 44.9 cm³/mol. The predicted octanol–water partition coefficient (Wildman–Crippen LogP) is 2.19. The number of ether oxygens (including phenoxy) is 1. The molecule has 13 heavy (non-hydrogen) atoms. The van der Waals surface area contributed by atoms with Gasteiger partial charge in [-0.15, -0.1) is 0 Å². The lowest BCUT2D eigenvalue weighted by Crippen LogP contribution is -2.02. The summed E-state index contributed by atoms with van der Waals surface area (Å²) in [6.45, 7) is 0. The van der Waals surface area contributed by atoms with E-state index in [9.17, 15) is 9.18 Å². The van der Waals surface area contributed by atoms with Crippen LogP contribution >= 0.6 is 11.6 Å². The minimum atomic E-state index is -1.32. The number of rotatable bonds is 2. The molecule has 0 radical (unpaired) electrons. The molecule has 0 heterocycles. The van der Waals surface area contributed by atoms with Gasteiger partial charge in [-0.1, -0.05) is 11.6 Å². The summed E-state index contributed by atoms with van der Waals surface area (Å²) >= 11 is 5.44. The lowest BCUT2D eigenvalue weighted by molar-refractivity contribution is 0.0693. The van der Waals surface area contributed by atoms with E-state index in [4.69, 9.17) is 21.4 Å². The summed E-state index contributed by atoms with van der Waals surface area (Å²) in [5.74, 6) is -2.06. The Morgan fingerprint density at radius 3 is 2.69 bits per heavy atom. The summed E-state index contributed by atoms with van der Waals surface area (Å²) in [6.07, 6.45) is 0. The zero-order valence-electron chi connectivity index (χ0n) is 6.67. The molecule has 0 atom stereocenters. The van der Waals surface area contributed by atoms with Crippen LogP contribution in [0.4, 0.5) is 4.39 Å². The first kappa shape index (κ1) is 9.80. The third-order valence-corrected chi connectivity index (χ3v) is 1.86. The first-order valence-electron chi connectivity index (χ1n) is 3.33. The summed E-state index contributed by atoms with van der Waals surface area (Å²) in [7, 11) is 1.29. The smallest absolute Gasteiger partial charge is 0.341 e. The van der Waals surface area contributed by atoms with Gasteiger partial charge in [-0.2, -0.15) is 0 Å². The topological polar surface area (TPSA) is 46.5 Å². The number of hydrogen-bond acceptors (Lipinski definition) is 2. The molecule has 0 spiro atoms. The van der Waals surface area contributed by atoms with Crippen molar-refractivity contribution in [2.45, 2.75) is 0 Å². The molecule has 70 valence electrons. The summed E-state index contributed by atoms with van der Waals surface area (Å²) in [6, 6.07) is 2.26. The molecule has 1 rings (SSSR count). The number of benzene rings is 1. The maximum Gasteiger partial charge on any atom is 0.341 e. The van der Waals surface area contributed by atoms with Gasteiger partial charge in [-0.25, -0.2) is 9.18 Å². The molecule has 1 aromatic rings. The standard InChI is InChI=1S/C8H6ClFO3/c1-13-5-3-2-4(10)7(9)6(5)8(11)12/h2-3H,1H3,(H,11,12). The Labute approximate surface area is 78.7 Å². The van der Waals surface area contributed by atoms with Gasteiger partial charge in [0.2, 0.25) is 0 Å². The van der Waals surface area contributed by atoms with Crippen molar-refractivity contribution >= 4 is 17.6 Å². The molecule has 0 aliphatic rings. The summed E-state index contributed by atoms with van der Waals surface area (Å²) < 4.78 is 17.5. The SMILES string of the molecule is COc1ccc(F)c(Cl)c1C(=O)O. The van der Waals surface area contributed by atoms with Crippen molar-refractivity contribution < 1.29 is 19.0 Å². The number of aromatic carboxylic acids is 1. The Morgan fingerprint density at radius 1 is 1.62 bits per heavy atom. The van der Waals surface area contributed by atoms with Crippen molar-refractivity contribution in [3.8, 4) is 5.75 Å². The largest absolute Gasteiger partial charge is 0.496 e. The third-order valence-electron chi connectivity index (χ3n) is 1.49. The van der Waals surface area contributed by atoms with E-state index in [1.54, 1.807) is 0 Å². The van der Waals surface area contributed by atoms with Crippen LogP contribution in [-0.4, -0.2) is 18.2 Å². The van der Waals surface area contributed by atoms with Gasteiger partial charge in [0.1, 0.15) is 17.1 Å². The van der Waals surface area contributed by atoms with Gasteiger partial charge in [0.15, 0.2) is 0 Å². The van der Waals surface area contributed by atoms with Gasteiger partial charge in [-0.05, 0) is 12.1 Å². The van der Waals surface area contributed by atoms with Crippen LogP contribution < -0.4 is 4.74 Å². The fourth-order valence-corrected chi connectivity index (χ4v) is 1.14. The minimum Gasteiger partial charge on any atom is -0.496 e.